The number of hydrogen-bond acceptors (Lipinski definition) is 1. The summed E-state index contributed by atoms with van der Waals surface area (Å²) in [5.41, 5.74) is 0.691. The molecule has 1 aliphatic rings. The molecular weight excluding hydrogens is 344 g/mol. The van der Waals surface area contributed by atoms with E-state index in [9.17, 15) is 5.11 Å². The zero-order chi connectivity index (χ0) is 19.5. The summed E-state index contributed by atoms with van der Waals surface area (Å²) in [6, 6.07) is 23.1. The Bertz CT molecular complexity index is 712. The summed E-state index contributed by atoms with van der Waals surface area (Å²) in [4.78, 5) is 0. The summed E-state index contributed by atoms with van der Waals surface area (Å²) in [6.07, 6.45) is 4.88. The summed E-state index contributed by atoms with van der Waals surface area (Å²) in [6.45, 7) is 11.6. The summed E-state index contributed by atoms with van der Waals surface area (Å²) < 4.78 is 0. The number of benzene rings is 2. The maximum absolute atomic E-state index is 11.0. The topological polar surface area (TPSA) is 20.2 Å². The van der Waals surface area contributed by atoms with Crippen LogP contribution in [0.15, 0.2) is 72.8 Å². The molecule has 144 valence electrons. The van der Waals surface area contributed by atoms with E-state index in [1.165, 1.54) is 15.9 Å². The van der Waals surface area contributed by atoms with E-state index in [1.807, 2.05) is 0 Å². The third-order valence-corrected chi connectivity index (χ3v) is 12.7. The Morgan fingerprint density at radius 2 is 1.37 bits per heavy atom. The molecule has 1 aliphatic carbocycles. The molecule has 0 spiro atoms. The molecule has 0 unspecified atom stereocenters. The zero-order valence-electron chi connectivity index (χ0n) is 17.2. The highest BCUT2D eigenvalue weighted by Gasteiger charge is 2.48. The highest BCUT2D eigenvalue weighted by molar-refractivity contribution is 7.04. The Hall–Kier alpha value is -1.64. The Morgan fingerprint density at radius 3 is 1.78 bits per heavy atom. The van der Waals surface area contributed by atoms with Crippen molar-refractivity contribution in [3.63, 3.8) is 0 Å². The van der Waals surface area contributed by atoms with Crippen molar-refractivity contribution in [1.29, 1.82) is 0 Å². The lowest BCUT2D eigenvalue weighted by Crippen LogP contribution is -2.64. The molecule has 0 aromatic heterocycles. The van der Waals surface area contributed by atoms with Crippen molar-refractivity contribution in [2.75, 3.05) is 0 Å². The maximum atomic E-state index is 11.0. The minimum Gasteiger partial charge on any atom is -0.390 e. The molecule has 0 amide bonds. The van der Waals surface area contributed by atoms with Gasteiger partial charge in [0.1, 0.15) is 8.07 Å². The molecule has 0 bridgehead atoms. The third kappa shape index (κ3) is 4.12. The SMILES string of the molecule is C=C(CC1(O)CCCC1)C[Si](c1ccccc1)(c1ccccc1)C(C)(C)C. The lowest BCUT2D eigenvalue weighted by atomic mass is 9.94. The molecule has 0 saturated heterocycles. The van der Waals surface area contributed by atoms with Gasteiger partial charge in [0.05, 0.1) is 5.60 Å². The second-order valence-corrected chi connectivity index (χ2v) is 14.2. The molecule has 0 heterocycles. The number of hydrogen-bond donors (Lipinski definition) is 1. The van der Waals surface area contributed by atoms with Crippen molar-refractivity contribution < 1.29 is 5.11 Å². The van der Waals surface area contributed by atoms with Crippen molar-refractivity contribution in [2.24, 2.45) is 0 Å². The second-order valence-electron chi connectivity index (χ2n) is 9.42. The fraction of sp³-hybridized carbons (Fsp3) is 0.440. The van der Waals surface area contributed by atoms with Gasteiger partial charge in [-0.3, -0.25) is 0 Å². The Kier molecular flexibility index (Phi) is 5.78. The van der Waals surface area contributed by atoms with Gasteiger partial charge in [0, 0.05) is 0 Å². The van der Waals surface area contributed by atoms with Crippen LogP contribution in [0.3, 0.4) is 0 Å². The summed E-state index contributed by atoms with van der Waals surface area (Å²) in [5, 5.41) is 14.0. The minimum absolute atomic E-state index is 0.136. The normalized spacial score (nSPS) is 17.0. The van der Waals surface area contributed by atoms with Crippen LogP contribution in [0.1, 0.15) is 52.9 Å². The van der Waals surface area contributed by atoms with E-state index in [-0.39, 0.29) is 5.04 Å². The van der Waals surface area contributed by atoms with E-state index in [2.05, 4.69) is 88.0 Å². The number of rotatable bonds is 6. The van der Waals surface area contributed by atoms with Gasteiger partial charge in [-0.2, -0.15) is 0 Å². The molecule has 1 nitrogen and oxygen atoms in total. The van der Waals surface area contributed by atoms with Gasteiger partial charge in [0.2, 0.25) is 0 Å². The van der Waals surface area contributed by atoms with E-state index in [4.69, 9.17) is 0 Å². The molecule has 1 fully saturated rings. The smallest absolute Gasteiger partial charge is 0.127 e. The first-order valence-electron chi connectivity index (χ1n) is 10.3. The highest BCUT2D eigenvalue weighted by atomic mass is 28.3. The van der Waals surface area contributed by atoms with Crippen LogP contribution >= 0.6 is 0 Å². The Balaban J connectivity index is 2.05. The van der Waals surface area contributed by atoms with Crippen LogP contribution in [0.25, 0.3) is 0 Å². The van der Waals surface area contributed by atoms with Gasteiger partial charge in [0.15, 0.2) is 0 Å². The minimum atomic E-state index is -2.13. The zero-order valence-corrected chi connectivity index (χ0v) is 18.2. The molecule has 1 N–H and O–H groups in total. The van der Waals surface area contributed by atoms with Crippen LogP contribution in [0.5, 0.6) is 0 Å². The third-order valence-electron chi connectivity index (χ3n) is 6.44. The molecule has 2 heteroatoms. The van der Waals surface area contributed by atoms with E-state index < -0.39 is 13.7 Å². The molecular formula is C25H34OSi. The average molecular weight is 379 g/mol. The fourth-order valence-corrected chi connectivity index (χ4v) is 10.5. The molecule has 1 saturated carbocycles. The first-order valence-corrected chi connectivity index (χ1v) is 12.5. The maximum Gasteiger partial charge on any atom is 0.127 e. The Morgan fingerprint density at radius 1 is 0.926 bits per heavy atom. The molecule has 27 heavy (non-hydrogen) atoms. The van der Waals surface area contributed by atoms with Crippen LogP contribution in [0.2, 0.25) is 11.1 Å². The van der Waals surface area contributed by atoms with Crippen molar-refractivity contribution >= 4 is 18.4 Å². The molecule has 3 rings (SSSR count). The quantitative estimate of drug-likeness (QED) is 0.534. The van der Waals surface area contributed by atoms with E-state index in [0.717, 1.165) is 38.1 Å². The highest BCUT2D eigenvalue weighted by Crippen LogP contribution is 2.43. The van der Waals surface area contributed by atoms with Crippen LogP contribution in [0.4, 0.5) is 0 Å². The van der Waals surface area contributed by atoms with Gasteiger partial charge in [-0.05, 0) is 30.3 Å². The van der Waals surface area contributed by atoms with Crippen molar-refractivity contribution in [3.05, 3.63) is 72.8 Å². The first kappa shape index (κ1) is 20.1. The summed E-state index contributed by atoms with van der Waals surface area (Å²) in [5.74, 6) is 0. The lowest BCUT2D eigenvalue weighted by Gasteiger charge is -2.45. The van der Waals surface area contributed by atoms with Crippen molar-refractivity contribution in [3.8, 4) is 0 Å². The fourth-order valence-electron chi connectivity index (χ4n) is 5.06. The predicted molar refractivity (Wildman–Crippen MR) is 120 cm³/mol. The first-order chi connectivity index (χ1) is 12.8. The summed E-state index contributed by atoms with van der Waals surface area (Å²) in [7, 11) is -2.13. The predicted octanol–water partition coefficient (Wildman–Crippen LogP) is 5.30. The summed E-state index contributed by atoms with van der Waals surface area (Å²) >= 11 is 0. The van der Waals surface area contributed by atoms with Gasteiger partial charge in [-0.25, -0.2) is 0 Å². The molecule has 0 radical (unpaired) electrons. The Labute approximate surface area is 166 Å². The van der Waals surface area contributed by atoms with Crippen LogP contribution in [-0.2, 0) is 0 Å². The van der Waals surface area contributed by atoms with Crippen LogP contribution in [-0.4, -0.2) is 18.8 Å². The largest absolute Gasteiger partial charge is 0.390 e. The molecule has 2 aromatic carbocycles. The van der Waals surface area contributed by atoms with Gasteiger partial charge < -0.3 is 5.11 Å². The van der Waals surface area contributed by atoms with E-state index in [1.54, 1.807) is 0 Å². The number of aliphatic hydroxyl groups is 1. The van der Waals surface area contributed by atoms with E-state index >= 15 is 0 Å². The van der Waals surface area contributed by atoms with Gasteiger partial charge in [-0.1, -0.05) is 110 Å². The van der Waals surface area contributed by atoms with Gasteiger partial charge in [-0.15, -0.1) is 6.58 Å². The van der Waals surface area contributed by atoms with Crippen molar-refractivity contribution in [2.45, 2.75) is 69.6 Å². The van der Waals surface area contributed by atoms with Crippen molar-refractivity contribution in [1.82, 2.24) is 0 Å². The average Bonchev–Trinajstić information content (AvgIpc) is 3.06. The molecule has 0 aliphatic heterocycles. The second kappa shape index (κ2) is 7.77. The lowest BCUT2D eigenvalue weighted by molar-refractivity contribution is 0.0483. The van der Waals surface area contributed by atoms with E-state index in [0.29, 0.717) is 0 Å². The molecule has 0 atom stereocenters. The van der Waals surface area contributed by atoms with Gasteiger partial charge in [0.25, 0.3) is 0 Å². The standard InChI is InChI=1S/C25H34OSi/c1-21(19-25(26)17-11-12-18-25)20-27(24(2,3)4,22-13-7-5-8-14-22)23-15-9-6-10-16-23/h5-10,13-16,26H,1,11-12,17-20H2,2-4H3. The monoisotopic (exact) mass is 378 g/mol. The van der Waals surface area contributed by atoms with Crippen LogP contribution in [0, 0.1) is 0 Å². The van der Waals surface area contributed by atoms with Gasteiger partial charge >= 0.3 is 0 Å². The molecule has 2 aromatic rings. The van der Waals surface area contributed by atoms with Crippen LogP contribution < -0.4 is 10.4 Å².